The molecule has 0 saturated heterocycles. The molecule has 108 valence electrons. The van der Waals surface area contributed by atoms with Crippen LogP contribution >= 0.6 is 0 Å². The molecule has 0 amide bonds. The van der Waals surface area contributed by atoms with Crippen LogP contribution in [0.2, 0.25) is 0 Å². The van der Waals surface area contributed by atoms with Crippen molar-refractivity contribution in [2.24, 2.45) is 5.73 Å². The summed E-state index contributed by atoms with van der Waals surface area (Å²) in [6.07, 6.45) is 3.25. The van der Waals surface area contributed by atoms with Gasteiger partial charge in [-0.05, 0) is 19.9 Å². The first-order valence-electron chi connectivity index (χ1n) is 6.38. The van der Waals surface area contributed by atoms with Gasteiger partial charge in [0.1, 0.15) is 0 Å². The van der Waals surface area contributed by atoms with Crippen LogP contribution in [0.5, 0.6) is 0 Å². The lowest BCUT2D eigenvalue weighted by molar-refractivity contribution is 0.467. The highest BCUT2D eigenvalue weighted by molar-refractivity contribution is 5.22. The van der Waals surface area contributed by atoms with Crippen molar-refractivity contribution in [1.29, 1.82) is 0 Å². The molecule has 1 atom stereocenters. The lowest BCUT2D eigenvalue weighted by atomic mass is 10.1. The van der Waals surface area contributed by atoms with Crippen molar-refractivity contribution in [3.63, 3.8) is 0 Å². The number of aromatic nitrogens is 2. The fraction of sp³-hybridized carbons (Fsp3) is 0.357. The highest BCUT2D eigenvalue weighted by atomic mass is 19.2. The Morgan fingerprint density at radius 3 is 2.55 bits per heavy atom. The molecule has 0 aliphatic rings. The first-order valence-corrected chi connectivity index (χ1v) is 6.38. The number of benzene rings is 1. The SMILES string of the molecule is CC(C)n1ccn(CC(N)c2cccc(F)c2F)c1=O. The third kappa shape index (κ3) is 2.65. The zero-order valence-electron chi connectivity index (χ0n) is 11.4. The molecule has 0 spiro atoms. The van der Waals surface area contributed by atoms with Gasteiger partial charge in [-0.3, -0.25) is 9.13 Å². The lowest BCUT2D eigenvalue weighted by Gasteiger charge is -2.13. The van der Waals surface area contributed by atoms with Gasteiger partial charge in [-0.1, -0.05) is 12.1 Å². The molecule has 6 heteroatoms. The molecule has 0 saturated carbocycles. The largest absolute Gasteiger partial charge is 0.328 e. The molecule has 0 aliphatic heterocycles. The number of hydrogen-bond acceptors (Lipinski definition) is 2. The van der Waals surface area contributed by atoms with Crippen LogP contribution in [-0.4, -0.2) is 9.13 Å². The van der Waals surface area contributed by atoms with E-state index in [9.17, 15) is 13.6 Å². The van der Waals surface area contributed by atoms with E-state index in [0.717, 1.165) is 6.07 Å². The van der Waals surface area contributed by atoms with E-state index >= 15 is 0 Å². The molecular formula is C14H17F2N3O. The molecule has 2 rings (SSSR count). The van der Waals surface area contributed by atoms with Crippen LogP contribution in [0, 0.1) is 11.6 Å². The lowest BCUT2D eigenvalue weighted by Crippen LogP contribution is -2.29. The van der Waals surface area contributed by atoms with Gasteiger partial charge >= 0.3 is 5.69 Å². The molecule has 2 aromatic rings. The molecule has 0 fully saturated rings. The van der Waals surface area contributed by atoms with E-state index in [0.29, 0.717) is 0 Å². The van der Waals surface area contributed by atoms with Gasteiger partial charge in [0.2, 0.25) is 0 Å². The number of hydrogen-bond donors (Lipinski definition) is 1. The maximum atomic E-state index is 13.6. The van der Waals surface area contributed by atoms with E-state index in [1.807, 2.05) is 13.8 Å². The van der Waals surface area contributed by atoms with Crippen molar-refractivity contribution < 1.29 is 8.78 Å². The van der Waals surface area contributed by atoms with Gasteiger partial charge in [-0.15, -0.1) is 0 Å². The smallest absolute Gasteiger partial charge is 0.322 e. The first kappa shape index (κ1) is 14.5. The third-order valence-corrected chi connectivity index (χ3v) is 3.20. The van der Waals surface area contributed by atoms with Crippen molar-refractivity contribution in [3.8, 4) is 0 Å². The Morgan fingerprint density at radius 2 is 1.95 bits per heavy atom. The summed E-state index contributed by atoms with van der Waals surface area (Å²) < 4.78 is 29.8. The number of nitrogens with two attached hydrogens (primary N) is 1. The molecular weight excluding hydrogens is 264 g/mol. The van der Waals surface area contributed by atoms with Crippen LogP contribution in [0.3, 0.4) is 0 Å². The summed E-state index contributed by atoms with van der Waals surface area (Å²) in [6, 6.07) is 3.10. The number of imidazole rings is 1. The topological polar surface area (TPSA) is 52.9 Å². The van der Waals surface area contributed by atoms with Crippen LogP contribution in [0.4, 0.5) is 8.78 Å². The highest BCUT2D eigenvalue weighted by Crippen LogP contribution is 2.18. The van der Waals surface area contributed by atoms with Crippen LogP contribution in [-0.2, 0) is 6.54 Å². The Bertz CT molecular complexity index is 661. The average Bonchev–Trinajstić information content (AvgIpc) is 2.74. The minimum Gasteiger partial charge on any atom is -0.322 e. The molecule has 1 unspecified atom stereocenters. The standard InChI is InChI=1S/C14H17F2N3O/c1-9(2)19-7-6-18(14(19)20)8-12(17)10-4-3-5-11(15)13(10)16/h3-7,9,12H,8,17H2,1-2H3. The van der Waals surface area contributed by atoms with Gasteiger partial charge in [0.05, 0.1) is 6.04 Å². The monoisotopic (exact) mass is 281 g/mol. The predicted molar refractivity (Wildman–Crippen MR) is 72.4 cm³/mol. The molecule has 0 bridgehead atoms. The molecule has 2 N–H and O–H groups in total. The zero-order chi connectivity index (χ0) is 14.9. The van der Waals surface area contributed by atoms with Crippen molar-refractivity contribution >= 4 is 0 Å². The van der Waals surface area contributed by atoms with E-state index in [1.165, 1.54) is 16.7 Å². The first-order chi connectivity index (χ1) is 9.41. The number of nitrogens with zero attached hydrogens (tertiary/aromatic N) is 2. The fourth-order valence-corrected chi connectivity index (χ4v) is 2.08. The molecule has 1 aromatic carbocycles. The van der Waals surface area contributed by atoms with Gasteiger partial charge < -0.3 is 5.73 Å². The summed E-state index contributed by atoms with van der Waals surface area (Å²) in [5, 5.41) is 0. The van der Waals surface area contributed by atoms with Crippen molar-refractivity contribution in [2.75, 3.05) is 0 Å². The normalized spacial score (nSPS) is 12.9. The van der Waals surface area contributed by atoms with Gasteiger partial charge in [-0.25, -0.2) is 13.6 Å². The van der Waals surface area contributed by atoms with E-state index in [1.54, 1.807) is 17.0 Å². The van der Waals surface area contributed by atoms with E-state index in [-0.39, 0.29) is 23.8 Å². The second-order valence-electron chi connectivity index (χ2n) is 4.98. The van der Waals surface area contributed by atoms with Gasteiger partial charge in [0.25, 0.3) is 0 Å². The summed E-state index contributed by atoms with van der Waals surface area (Å²) in [7, 11) is 0. The van der Waals surface area contributed by atoms with Gasteiger partial charge in [0, 0.05) is 30.5 Å². The predicted octanol–water partition coefficient (Wildman–Crippen LogP) is 2.21. The highest BCUT2D eigenvalue weighted by Gasteiger charge is 2.16. The molecule has 0 aliphatic carbocycles. The van der Waals surface area contributed by atoms with Crippen molar-refractivity contribution in [3.05, 3.63) is 58.3 Å². The quantitative estimate of drug-likeness (QED) is 0.934. The second-order valence-corrected chi connectivity index (χ2v) is 4.98. The summed E-state index contributed by atoms with van der Waals surface area (Å²) in [6.45, 7) is 3.87. The Labute approximate surface area is 115 Å². The average molecular weight is 281 g/mol. The maximum absolute atomic E-state index is 13.6. The Morgan fingerprint density at radius 1 is 1.25 bits per heavy atom. The van der Waals surface area contributed by atoms with Crippen molar-refractivity contribution in [2.45, 2.75) is 32.5 Å². The van der Waals surface area contributed by atoms with Crippen LogP contribution in [0.15, 0.2) is 35.4 Å². The summed E-state index contributed by atoms with van der Waals surface area (Å²) >= 11 is 0. The van der Waals surface area contributed by atoms with Gasteiger partial charge in [-0.2, -0.15) is 0 Å². The maximum Gasteiger partial charge on any atom is 0.328 e. The van der Waals surface area contributed by atoms with Crippen molar-refractivity contribution in [1.82, 2.24) is 9.13 Å². The van der Waals surface area contributed by atoms with E-state index < -0.39 is 17.7 Å². The Balaban J connectivity index is 2.26. The van der Waals surface area contributed by atoms with E-state index in [2.05, 4.69) is 0 Å². The molecule has 20 heavy (non-hydrogen) atoms. The summed E-state index contributed by atoms with van der Waals surface area (Å²) in [5.74, 6) is -1.90. The number of halogens is 2. The fourth-order valence-electron chi connectivity index (χ4n) is 2.08. The molecule has 1 heterocycles. The van der Waals surface area contributed by atoms with Crippen LogP contribution in [0.1, 0.15) is 31.5 Å². The molecule has 4 nitrogen and oxygen atoms in total. The van der Waals surface area contributed by atoms with Gasteiger partial charge in [0.15, 0.2) is 11.6 Å². The third-order valence-electron chi connectivity index (χ3n) is 3.20. The minimum absolute atomic E-state index is 0.0332. The minimum atomic E-state index is -0.962. The number of rotatable bonds is 4. The summed E-state index contributed by atoms with van der Waals surface area (Å²) in [4.78, 5) is 12.0. The van der Waals surface area contributed by atoms with E-state index in [4.69, 9.17) is 5.73 Å². The summed E-state index contributed by atoms with van der Waals surface area (Å²) in [5.41, 5.74) is 5.72. The van der Waals surface area contributed by atoms with Crippen LogP contribution in [0.25, 0.3) is 0 Å². The Kier molecular flexibility index (Phi) is 4.04. The second kappa shape index (κ2) is 5.58. The zero-order valence-corrected chi connectivity index (χ0v) is 11.4. The Hall–Kier alpha value is -1.95. The van der Waals surface area contributed by atoms with Crippen LogP contribution < -0.4 is 11.4 Å². The molecule has 0 radical (unpaired) electrons. The molecule has 1 aromatic heterocycles.